The predicted octanol–water partition coefficient (Wildman–Crippen LogP) is 3.85. The van der Waals surface area contributed by atoms with E-state index >= 15 is 0 Å². The number of ether oxygens (including phenoxy) is 1. The van der Waals surface area contributed by atoms with E-state index in [4.69, 9.17) is 10.3 Å². The number of hydrogen-bond acceptors (Lipinski definition) is 4. The Hall–Kier alpha value is -2.17. The molecule has 6 heteroatoms. The zero-order valence-electron chi connectivity index (χ0n) is 12.8. The van der Waals surface area contributed by atoms with Crippen LogP contribution < -0.4 is 0 Å². The zero-order valence-corrected chi connectivity index (χ0v) is 12.8. The molecular formula is C16H21N3O3. The van der Waals surface area contributed by atoms with Gasteiger partial charge in [0.05, 0.1) is 6.54 Å². The molecule has 1 aromatic carbocycles. The summed E-state index contributed by atoms with van der Waals surface area (Å²) < 4.78 is 5.38. The van der Waals surface area contributed by atoms with E-state index in [2.05, 4.69) is 10.0 Å². The van der Waals surface area contributed by atoms with Gasteiger partial charge in [-0.2, -0.15) is 0 Å². The van der Waals surface area contributed by atoms with Gasteiger partial charge in [0, 0.05) is 36.5 Å². The fourth-order valence-corrected chi connectivity index (χ4v) is 1.91. The van der Waals surface area contributed by atoms with Crippen molar-refractivity contribution >= 4 is 11.6 Å². The lowest BCUT2D eigenvalue weighted by Crippen LogP contribution is -2.04. The molecule has 0 fully saturated rings. The lowest BCUT2D eigenvalue weighted by molar-refractivity contribution is -0.117. The summed E-state index contributed by atoms with van der Waals surface area (Å²) in [5.74, 6) is 0.241. The van der Waals surface area contributed by atoms with Crippen molar-refractivity contribution in [2.75, 3.05) is 13.2 Å². The molecule has 0 aromatic heterocycles. The number of carbonyl (C=O) groups excluding carboxylic acids is 2. The van der Waals surface area contributed by atoms with Crippen LogP contribution in [0.1, 0.15) is 48.5 Å². The van der Waals surface area contributed by atoms with Gasteiger partial charge in [0.1, 0.15) is 5.78 Å². The predicted molar refractivity (Wildman–Crippen MR) is 83.6 cm³/mol. The molecule has 1 aromatic rings. The van der Waals surface area contributed by atoms with Gasteiger partial charge in [0.2, 0.25) is 0 Å². The number of azide groups is 1. The lowest BCUT2D eigenvalue weighted by atomic mass is 10.0. The number of ketones is 2. The van der Waals surface area contributed by atoms with Crippen molar-refractivity contribution in [1.29, 1.82) is 0 Å². The normalized spacial score (nSPS) is 10.0. The number of benzene rings is 1. The molecule has 0 amide bonds. The Labute approximate surface area is 130 Å². The van der Waals surface area contributed by atoms with Crippen LogP contribution >= 0.6 is 0 Å². The molecule has 0 saturated heterocycles. The first-order valence-electron chi connectivity index (χ1n) is 7.33. The second-order valence-electron chi connectivity index (χ2n) is 5.03. The molecule has 0 saturated carbocycles. The Bertz CT molecular complexity index is 534. The Kier molecular flexibility index (Phi) is 8.57. The topological polar surface area (TPSA) is 92.1 Å². The Morgan fingerprint density at radius 3 is 2.36 bits per heavy atom. The molecule has 0 N–H and O–H groups in total. The fraction of sp³-hybridized carbons (Fsp3) is 0.500. The van der Waals surface area contributed by atoms with Crippen molar-refractivity contribution in [1.82, 2.24) is 0 Å². The monoisotopic (exact) mass is 303 g/mol. The third-order valence-corrected chi connectivity index (χ3v) is 3.10. The molecule has 0 aliphatic heterocycles. The second-order valence-corrected chi connectivity index (χ2v) is 5.03. The summed E-state index contributed by atoms with van der Waals surface area (Å²) in [7, 11) is 0. The van der Waals surface area contributed by atoms with Gasteiger partial charge in [-0.1, -0.05) is 29.4 Å². The van der Waals surface area contributed by atoms with Crippen LogP contribution in [-0.2, 0) is 16.1 Å². The highest BCUT2D eigenvalue weighted by molar-refractivity contribution is 5.96. The van der Waals surface area contributed by atoms with Gasteiger partial charge in [-0.05, 0) is 30.9 Å². The average molecular weight is 303 g/mol. The minimum atomic E-state index is 0.0719. The van der Waals surface area contributed by atoms with Crippen molar-refractivity contribution in [2.45, 2.75) is 39.2 Å². The molecule has 118 valence electrons. The summed E-state index contributed by atoms with van der Waals surface area (Å²) in [4.78, 5) is 25.4. The molecular weight excluding hydrogens is 282 g/mol. The summed E-state index contributed by atoms with van der Waals surface area (Å²) in [6.07, 6.45) is 2.37. The highest BCUT2D eigenvalue weighted by Gasteiger charge is 2.05. The first kappa shape index (κ1) is 17.9. The smallest absolute Gasteiger partial charge is 0.162 e. The Morgan fingerprint density at radius 2 is 1.77 bits per heavy atom. The molecule has 0 spiro atoms. The average Bonchev–Trinajstić information content (AvgIpc) is 2.52. The standard InChI is InChI=1S/C16H21N3O3/c1-13(20)4-2-10-22-11-3-5-16(21)15-8-6-14(7-9-15)12-18-19-17/h6-9H,2-5,10-12H2,1H3. The minimum absolute atomic E-state index is 0.0719. The molecule has 0 aliphatic rings. The largest absolute Gasteiger partial charge is 0.381 e. The van der Waals surface area contributed by atoms with Gasteiger partial charge < -0.3 is 9.53 Å². The third kappa shape index (κ3) is 7.57. The summed E-state index contributed by atoms with van der Waals surface area (Å²) in [5.41, 5.74) is 9.78. The van der Waals surface area contributed by atoms with Gasteiger partial charge in [-0.25, -0.2) is 0 Å². The molecule has 22 heavy (non-hydrogen) atoms. The van der Waals surface area contributed by atoms with Crippen LogP contribution in [0.25, 0.3) is 10.4 Å². The van der Waals surface area contributed by atoms with E-state index in [1.807, 2.05) is 0 Å². The molecule has 6 nitrogen and oxygen atoms in total. The van der Waals surface area contributed by atoms with Gasteiger partial charge in [0.15, 0.2) is 5.78 Å². The molecule has 0 heterocycles. The maximum Gasteiger partial charge on any atom is 0.162 e. The van der Waals surface area contributed by atoms with Gasteiger partial charge in [0.25, 0.3) is 0 Å². The van der Waals surface area contributed by atoms with Crippen molar-refractivity contribution < 1.29 is 14.3 Å². The molecule has 0 unspecified atom stereocenters. The number of Topliss-reactive ketones (excluding diaryl/α,β-unsaturated/α-hetero) is 2. The van der Waals surface area contributed by atoms with E-state index in [9.17, 15) is 9.59 Å². The van der Waals surface area contributed by atoms with Crippen LogP contribution in [0.5, 0.6) is 0 Å². The first-order valence-corrected chi connectivity index (χ1v) is 7.33. The number of rotatable bonds is 11. The number of hydrogen-bond donors (Lipinski definition) is 0. The van der Waals surface area contributed by atoms with Crippen LogP contribution in [0.4, 0.5) is 0 Å². The van der Waals surface area contributed by atoms with Crippen molar-refractivity contribution in [3.8, 4) is 0 Å². The van der Waals surface area contributed by atoms with E-state index in [-0.39, 0.29) is 11.6 Å². The Balaban J connectivity index is 2.22. The summed E-state index contributed by atoms with van der Waals surface area (Å²) in [5, 5.41) is 3.47. The van der Waals surface area contributed by atoms with E-state index in [0.717, 1.165) is 12.0 Å². The van der Waals surface area contributed by atoms with E-state index < -0.39 is 0 Å². The van der Waals surface area contributed by atoms with E-state index in [0.29, 0.717) is 44.6 Å². The minimum Gasteiger partial charge on any atom is -0.381 e. The molecule has 0 bridgehead atoms. The molecule has 0 radical (unpaired) electrons. The van der Waals surface area contributed by atoms with Crippen LogP contribution in [0.2, 0.25) is 0 Å². The van der Waals surface area contributed by atoms with Crippen LogP contribution in [0, 0.1) is 0 Å². The van der Waals surface area contributed by atoms with Gasteiger partial charge in [-0.15, -0.1) is 0 Å². The van der Waals surface area contributed by atoms with Gasteiger partial charge in [-0.3, -0.25) is 4.79 Å². The van der Waals surface area contributed by atoms with E-state index in [1.165, 1.54) is 0 Å². The van der Waals surface area contributed by atoms with Crippen LogP contribution in [-0.4, -0.2) is 24.8 Å². The quantitative estimate of drug-likeness (QED) is 0.204. The first-order chi connectivity index (χ1) is 10.6. The second kappa shape index (κ2) is 10.5. The summed E-state index contributed by atoms with van der Waals surface area (Å²) in [6, 6.07) is 7.08. The molecule has 1 rings (SSSR count). The van der Waals surface area contributed by atoms with Crippen LogP contribution in [0.15, 0.2) is 29.4 Å². The highest BCUT2D eigenvalue weighted by atomic mass is 16.5. The van der Waals surface area contributed by atoms with Crippen molar-refractivity contribution in [3.05, 3.63) is 45.8 Å². The highest BCUT2D eigenvalue weighted by Crippen LogP contribution is 2.09. The maximum atomic E-state index is 12.0. The number of carbonyl (C=O) groups is 2. The molecule has 0 atom stereocenters. The number of nitrogens with zero attached hydrogens (tertiary/aromatic N) is 3. The maximum absolute atomic E-state index is 12.0. The van der Waals surface area contributed by atoms with E-state index in [1.54, 1.807) is 31.2 Å². The Morgan fingerprint density at radius 1 is 1.14 bits per heavy atom. The van der Waals surface area contributed by atoms with Crippen LogP contribution in [0.3, 0.4) is 0 Å². The summed E-state index contributed by atoms with van der Waals surface area (Å²) in [6.45, 7) is 2.94. The molecule has 0 aliphatic carbocycles. The zero-order chi connectivity index (χ0) is 16.2. The van der Waals surface area contributed by atoms with Crippen molar-refractivity contribution in [3.63, 3.8) is 0 Å². The van der Waals surface area contributed by atoms with Crippen molar-refractivity contribution in [2.24, 2.45) is 5.11 Å². The summed E-state index contributed by atoms with van der Waals surface area (Å²) >= 11 is 0. The fourth-order valence-electron chi connectivity index (χ4n) is 1.91. The van der Waals surface area contributed by atoms with Gasteiger partial charge >= 0.3 is 0 Å². The SMILES string of the molecule is CC(=O)CCCOCCCC(=O)c1ccc(CN=[N+]=[N-])cc1. The lowest BCUT2D eigenvalue weighted by Gasteiger charge is -2.04. The third-order valence-electron chi connectivity index (χ3n) is 3.10.